The minimum absolute atomic E-state index is 0.0488. The van der Waals surface area contributed by atoms with Gasteiger partial charge in [-0.3, -0.25) is 14.9 Å². The van der Waals surface area contributed by atoms with Crippen LogP contribution in [0.3, 0.4) is 0 Å². The van der Waals surface area contributed by atoms with Crippen molar-refractivity contribution in [2.45, 2.75) is 0 Å². The van der Waals surface area contributed by atoms with E-state index in [9.17, 15) is 19.7 Å². The number of nitro groups is 1. The molecule has 0 bridgehead atoms. The maximum atomic E-state index is 12.1. The van der Waals surface area contributed by atoms with Crippen LogP contribution in [0.25, 0.3) is 11.3 Å². The number of furan rings is 1. The summed E-state index contributed by atoms with van der Waals surface area (Å²) in [5.74, 6) is -1.30. The molecule has 1 aromatic heterocycles. The number of aromatic carboxylic acids is 1. The number of benzene rings is 2. The molecule has 0 fully saturated rings. The maximum absolute atomic E-state index is 12.1. The second-order valence-electron chi connectivity index (χ2n) is 5.68. The molecule has 3 aromatic rings. The third-order valence-electron chi connectivity index (χ3n) is 3.81. The van der Waals surface area contributed by atoms with Crippen LogP contribution >= 0.6 is 11.6 Å². The van der Waals surface area contributed by atoms with Crippen molar-refractivity contribution in [3.8, 4) is 11.3 Å². The molecule has 0 spiro atoms. The number of carbonyl (C=O) groups excluding carboxylic acids is 1. The van der Waals surface area contributed by atoms with Crippen LogP contribution in [0.15, 0.2) is 64.1 Å². The molecule has 9 nitrogen and oxygen atoms in total. The van der Waals surface area contributed by atoms with Crippen LogP contribution in [-0.4, -0.2) is 28.1 Å². The standard InChI is InChI=1S/C19H12ClN3O6/c20-15-7-5-11(19(25)26)9-14(15)17-8-6-12(29-17)10-21-22-18(24)13-3-1-2-4-16(13)23(27)28/h1-10H,(H,22,24)(H,25,26)/b21-10-. The van der Waals surface area contributed by atoms with Gasteiger partial charge in [-0.05, 0) is 36.4 Å². The van der Waals surface area contributed by atoms with E-state index in [0.29, 0.717) is 16.3 Å². The van der Waals surface area contributed by atoms with Crippen molar-refractivity contribution >= 4 is 35.4 Å². The highest BCUT2D eigenvalue weighted by molar-refractivity contribution is 6.33. The van der Waals surface area contributed by atoms with E-state index in [1.165, 1.54) is 48.7 Å². The number of para-hydroxylation sites is 1. The molecule has 1 heterocycles. The van der Waals surface area contributed by atoms with Crippen LogP contribution in [-0.2, 0) is 0 Å². The number of amides is 1. The summed E-state index contributed by atoms with van der Waals surface area (Å²) in [6.07, 6.45) is 1.20. The summed E-state index contributed by atoms with van der Waals surface area (Å²) in [7, 11) is 0. The third-order valence-corrected chi connectivity index (χ3v) is 4.14. The van der Waals surface area contributed by atoms with Crippen molar-refractivity contribution in [3.05, 3.63) is 86.6 Å². The highest BCUT2D eigenvalue weighted by Crippen LogP contribution is 2.30. The Morgan fingerprint density at radius 1 is 1.17 bits per heavy atom. The number of carbonyl (C=O) groups is 2. The highest BCUT2D eigenvalue weighted by atomic mass is 35.5. The Labute approximate surface area is 168 Å². The van der Waals surface area contributed by atoms with Gasteiger partial charge in [0.15, 0.2) is 0 Å². The molecule has 146 valence electrons. The zero-order valence-corrected chi connectivity index (χ0v) is 15.3. The zero-order valence-electron chi connectivity index (χ0n) is 14.5. The number of hydrogen-bond acceptors (Lipinski definition) is 6. The van der Waals surface area contributed by atoms with Gasteiger partial charge < -0.3 is 9.52 Å². The normalized spacial score (nSPS) is 10.8. The first-order chi connectivity index (χ1) is 13.9. The van der Waals surface area contributed by atoms with Gasteiger partial charge in [-0.15, -0.1) is 0 Å². The number of nitrogens with one attached hydrogen (secondary N) is 1. The number of halogens is 1. The summed E-state index contributed by atoms with van der Waals surface area (Å²) in [4.78, 5) is 33.5. The largest absolute Gasteiger partial charge is 0.478 e. The van der Waals surface area contributed by atoms with E-state index in [1.807, 2.05) is 0 Å². The smallest absolute Gasteiger partial charge is 0.335 e. The van der Waals surface area contributed by atoms with Crippen molar-refractivity contribution < 1.29 is 24.0 Å². The number of hydrogen-bond donors (Lipinski definition) is 2. The molecule has 2 N–H and O–H groups in total. The lowest BCUT2D eigenvalue weighted by Gasteiger charge is -2.02. The monoisotopic (exact) mass is 413 g/mol. The summed E-state index contributed by atoms with van der Waals surface area (Å²) >= 11 is 6.10. The molecule has 10 heteroatoms. The van der Waals surface area contributed by atoms with Gasteiger partial charge in [-0.2, -0.15) is 5.10 Å². The molecule has 0 aliphatic heterocycles. The molecule has 0 saturated heterocycles. The van der Waals surface area contributed by atoms with Crippen molar-refractivity contribution in [1.29, 1.82) is 0 Å². The third kappa shape index (κ3) is 4.47. The van der Waals surface area contributed by atoms with Gasteiger partial charge in [0.25, 0.3) is 11.6 Å². The van der Waals surface area contributed by atoms with Crippen LogP contribution in [0.2, 0.25) is 5.02 Å². The van der Waals surface area contributed by atoms with E-state index in [2.05, 4.69) is 10.5 Å². The molecule has 0 atom stereocenters. The first-order valence-corrected chi connectivity index (χ1v) is 8.44. The van der Waals surface area contributed by atoms with Crippen LogP contribution in [0, 0.1) is 10.1 Å². The topological polar surface area (TPSA) is 135 Å². The Bertz CT molecular complexity index is 1140. The lowest BCUT2D eigenvalue weighted by Crippen LogP contribution is -2.18. The SMILES string of the molecule is O=C(O)c1ccc(Cl)c(-c2ccc(/C=N\NC(=O)c3ccccc3[N+](=O)[O-])o2)c1. The number of carboxylic acid groups (broad SMARTS) is 1. The number of nitro benzene ring substituents is 1. The molecule has 0 saturated carbocycles. The molecule has 0 radical (unpaired) electrons. The fourth-order valence-corrected chi connectivity index (χ4v) is 2.66. The van der Waals surface area contributed by atoms with Crippen molar-refractivity contribution in [3.63, 3.8) is 0 Å². The Hall–Kier alpha value is -3.98. The molecular formula is C19H12ClN3O6. The van der Waals surface area contributed by atoms with E-state index in [-0.39, 0.29) is 22.6 Å². The molecule has 0 aliphatic rings. The van der Waals surface area contributed by atoms with Gasteiger partial charge in [-0.1, -0.05) is 23.7 Å². The molecule has 1 amide bonds. The summed E-state index contributed by atoms with van der Waals surface area (Å²) in [6.45, 7) is 0. The first-order valence-electron chi connectivity index (χ1n) is 8.06. The molecule has 3 rings (SSSR count). The quantitative estimate of drug-likeness (QED) is 0.356. The van der Waals surface area contributed by atoms with Crippen molar-refractivity contribution in [2.75, 3.05) is 0 Å². The summed E-state index contributed by atoms with van der Waals surface area (Å²) in [6, 6.07) is 12.8. The molecule has 0 aliphatic carbocycles. The Morgan fingerprint density at radius 3 is 2.66 bits per heavy atom. The van der Waals surface area contributed by atoms with Crippen molar-refractivity contribution in [2.24, 2.45) is 5.10 Å². The fraction of sp³-hybridized carbons (Fsp3) is 0. The van der Waals surface area contributed by atoms with Gasteiger partial charge in [-0.25, -0.2) is 10.2 Å². The average Bonchev–Trinajstić information content (AvgIpc) is 3.16. The second kappa shape index (κ2) is 8.36. The van der Waals surface area contributed by atoms with Crippen LogP contribution < -0.4 is 5.43 Å². The summed E-state index contributed by atoms with van der Waals surface area (Å²) in [5, 5.41) is 24.1. The number of carboxylic acids is 1. The minimum Gasteiger partial charge on any atom is -0.478 e. The Balaban J connectivity index is 1.75. The molecule has 2 aromatic carbocycles. The van der Waals surface area contributed by atoms with Gasteiger partial charge >= 0.3 is 5.97 Å². The summed E-state index contributed by atoms with van der Waals surface area (Å²) in [5.41, 5.74) is 2.15. The first kappa shape index (κ1) is 19.8. The van der Waals surface area contributed by atoms with E-state index in [4.69, 9.17) is 21.1 Å². The fourth-order valence-electron chi connectivity index (χ4n) is 2.45. The highest BCUT2D eigenvalue weighted by Gasteiger charge is 2.18. The van der Waals surface area contributed by atoms with Crippen LogP contribution in [0.5, 0.6) is 0 Å². The maximum Gasteiger partial charge on any atom is 0.335 e. The minimum atomic E-state index is -1.10. The van der Waals surface area contributed by atoms with Gasteiger partial charge in [0.2, 0.25) is 0 Å². The molecular weight excluding hydrogens is 402 g/mol. The van der Waals surface area contributed by atoms with Crippen LogP contribution in [0.4, 0.5) is 5.69 Å². The predicted octanol–water partition coefficient (Wildman–Crippen LogP) is 3.97. The number of hydrazone groups is 1. The van der Waals surface area contributed by atoms with Gasteiger partial charge in [0.05, 0.1) is 21.7 Å². The van der Waals surface area contributed by atoms with Crippen molar-refractivity contribution in [1.82, 2.24) is 5.43 Å². The number of nitrogens with zero attached hydrogens (tertiary/aromatic N) is 2. The van der Waals surface area contributed by atoms with E-state index in [1.54, 1.807) is 12.1 Å². The predicted molar refractivity (Wildman–Crippen MR) is 104 cm³/mol. The van der Waals surface area contributed by atoms with E-state index >= 15 is 0 Å². The van der Waals surface area contributed by atoms with E-state index < -0.39 is 16.8 Å². The second-order valence-corrected chi connectivity index (χ2v) is 6.08. The Kier molecular flexibility index (Phi) is 5.70. The zero-order chi connectivity index (χ0) is 21.0. The lowest BCUT2D eigenvalue weighted by molar-refractivity contribution is -0.385. The van der Waals surface area contributed by atoms with E-state index in [0.717, 1.165) is 0 Å². The average molecular weight is 414 g/mol. The molecule has 0 unspecified atom stereocenters. The molecule has 29 heavy (non-hydrogen) atoms. The summed E-state index contributed by atoms with van der Waals surface area (Å²) < 4.78 is 5.55. The van der Waals surface area contributed by atoms with Gasteiger partial charge in [0, 0.05) is 11.6 Å². The Morgan fingerprint density at radius 2 is 1.93 bits per heavy atom. The number of rotatable bonds is 6. The van der Waals surface area contributed by atoms with Gasteiger partial charge in [0.1, 0.15) is 17.1 Å². The van der Waals surface area contributed by atoms with Crippen LogP contribution in [0.1, 0.15) is 26.5 Å². The lowest BCUT2D eigenvalue weighted by atomic mass is 10.1.